The third-order valence-corrected chi connectivity index (χ3v) is 7.87. The third kappa shape index (κ3) is 13.5. The van der Waals surface area contributed by atoms with E-state index in [1.165, 1.54) is 48.7 Å². The van der Waals surface area contributed by atoms with Gasteiger partial charge in [0.25, 0.3) is 0 Å². The highest BCUT2D eigenvalue weighted by Crippen LogP contribution is 2.08. The van der Waals surface area contributed by atoms with Crippen LogP contribution in [0.3, 0.4) is 0 Å². The molecule has 0 aromatic rings. The molecule has 8 heteroatoms. The van der Waals surface area contributed by atoms with Gasteiger partial charge in [0.05, 0.1) is 0 Å². The Labute approximate surface area is 191 Å². The summed E-state index contributed by atoms with van der Waals surface area (Å²) in [5, 5.41) is 15.6. The van der Waals surface area contributed by atoms with Gasteiger partial charge in [0.2, 0.25) is 0 Å². The molecule has 1 fully saturated rings. The molecule has 4 N–H and O–H groups in total. The molecule has 1 heterocycles. The van der Waals surface area contributed by atoms with Crippen molar-refractivity contribution in [2.24, 2.45) is 0 Å². The summed E-state index contributed by atoms with van der Waals surface area (Å²) in [4.78, 5) is 0. The molecule has 0 amide bonds. The minimum atomic E-state index is 0.564. The molecule has 1 rings (SSSR count). The maximum absolute atomic E-state index is 3.89. The van der Waals surface area contributed by atoms with Crippen LogP contribution in [0.15, 0.2) is 0 Å². The van der Waals surface area contributed by atoms with Crippen molar-refractivity contribution in [3.8, 4) is 0 Å². The van der Waals surface area contributed by atoms with Crippen molar-refractivity contribution in [1.82, 2.24) is 21.3 Å². The predicted molar refractivity (Wildman–Crippen MR) is 139 cm³/mol. The first-order chi connectivity index (χ1) is 13.7. The standard InChI is InChI=1S/C20H44N4S4/c1-25-9-5-17-13-22-19(7-11-27-3)15-24-20(8-12-28-4)16-23-18(14-21-17)6-10-26-2/h17-24H,5-16H2,1-4H3/t17-,18-,19-,20-/m0/s1. The van der Waals surface area contributed by atoms with Crippen LogP contribution in [-0.2, 0) is 0 Å². The summed E-state index contributed by atoms with van der Waals surface area (Å²) in [6.45, 7) is 4.30. The SMILES string of the molecule is CSCC[C@H]1CN[C@@H](CCSC)CN[C@@H](CCSC)CN[C@@H](CCSC)CN1. The summed E-state index contributed by atoms with van der Waals surface area (Å²) in [6.07, 6.45) is 13.8. The van der Waals surface area contributed by atoms with Crippen LogP contribution in [-0.4, -0.2) is 98.4 Å². The molecule has 0 saturated carbocycles. The molecule has 1 aliphatic heterocycles. The molecule has 0 aromatic heterocycles. The average Bonchev–Trinajstić information content (AvgIpc) is 2.71. The Morgan fingerprint density at radius 1 is 0.464 bits per heavy atom. The highest BCUT2D eigenvalue weighted by molar-refractivity contribution is 7.99. The molecule has 0 aliphatic carbocycles. The van der Waals surface area contributed by atoms with Crippen molar-refractivity contribution < 1.29 is 0 Å². The second kappa shape index (κ2) is 19.0. The number of hydrogen-bond acceptors (Lipinski definition) is 8. The first-order valence-electron chi connectivity index (χ1n) is 10.6. The summed E-state index contributed by atoms with van der Waals surface area (Å²) >= 11 is 7.83. The Morgan fingerprint density at radius 2 is 0.679 bits per heavy atom. The van der Waals surface area contributed by atoms with Crippen molar-refractivity contribution in [3.05, 3.63) is 0 Å². The second-order valence-corrected chi connectivity index (χ2v) is 11.5. The van der Waals surface area contributed by atoms with Crippen molar-refractivity contribution >= 4 is 47.0 Å². The fraction of sp³-hybridized carbons (Fsp3) is 1.00. The van der Waals surface area contributed by atoms with Crippen molar-refractivity contribution in [2.45, 2.75) is 49.9 Å². The van der Waals surface area contributed by atoms with Gasteiger partial charge in [0.15, 0.2) is 0 Å². The highest BCUT2D eigenvalue weighted by atomic mass is 32.2. The van der Waals surface area contributed by atoms with Gasteiger partial charge in [-0.25, -0.2) is 0 Å². The minimum absolute atomic E-state index is 0.564. The average molecular weight is 469 g/mol. The van der Waals surface area contributed by atoms with E-state index in [-0.39, 0.29) is 0 Å². The Kier molecular flexibility index (Phi) is 18.5. The van der Waals surface area contributed by atoms with E-state index in [1.54, 1.807) is 0 Å². The number of rotatable bonds is 12. The van der Waals surface area contributed by atoms with Gasteiger partial charge in [-0.1, -0.05) is 0 Å². The molecule has 4 atom stereocenters. The van der Waals surface area contributed by atoms with E-state index in [0.29, 0.717) is 24.2 Å². The molecule has 0 radical (unpaired) electrons. The topological polar surface area (TPSA) is 48.1 Å². The highest BCUT2D eigenvalue weighted by Gasteiger charge is 2.19. The van der Waals surface area contributed by atoms with E-state index in [1.807, 2.05) is 47.0 Å². The maximum Gasteiger partial charge on any atom is 0.0201 e. The summed E-state index contributed by atoms with van der Waals surface area (Å²) in [5.41, 5.74) is 0. The van der Waals surface area contributed by atoms with E-state index in [0.717, 1.165) is 26.2 Å². The zero-order valence-corrected chi connectivity index (χ0v) is 21.7. The summed E-state index contributed by atoms with van der Waals surface area (Å²) in [5.74, 6) is 4.92. The van der Waals surface area contributed by atoms with E-state index >= 15 is 0 Å². The van der Waals surface area contributed by atoms with Crippen LogP contribution in [0.25, 0.3) is 0 Å². The van der Waals surface area contributed by atoms with Crippen LogP contribution >= 0.6 is 47.0 Å². The molecule has 4 nitrogen and oxygen atoms in total. The van der Waals surface area contributed by atoms with Gasteiger partial charge in [-0.15, -0.1) is 0 Å². The van der Waals surface area contributed by atoms with E-state index in [9.17, 15) is 0 Å². The van der Waals surface area contributed by atoms with Gasteiger partial charge < -0.3 is 21.3 Å². The molecular formula is C20H44N4S4. The summed E-state index contributed by atoms with van der Waals surface area (Å²) < 4.78 is 0. The molecule has 1 saturated heterocycles. The lowest BCUT2D eigenvalue weighted by Crippen LogP contribution is -2.54. The van der Waals surface area contributed by atoms with Gasteiger partial charge in [-0.2, -0.15) is 47.0 Å². The lowest BCUT2D eigenvalue weighted by Gasteiger charge is -2.31. The van der Waals surface area contributed by atoms with Crippen LogP contribution in [0.2, 0.25) is 0 Å². The van der Waals surface area contributed by atoms with Crippen LogP contribution in [0.1, 0.15) is 25.7 Å². The van der Waals surface area contributed by atoms with Crippen molar-refractivity contribution in [1.29, 1.82) is 0 Å². The van der Waals surface area contributed by atoms with Crippen LogP contribution < -0.4 is 21.3 Å². The lowest BCUT2D eigenvalue weighted by atomic mass is 10.1. The van der Waals surface area contributed by atoms with Crippen molar-refractivity contribution in [2.75, 3.05) is 74.2 Å². The molecule has 0 unspecified atom stereocenters. The Balaban J connectivity index is 2.73. The Morgan fingerprint density at radius 3 is 0.857 bits per heavy atom. The Hall–Kier alpha value is 1.24. The number of nitrogens with one attached hydrogen (secondary N) is 4. The summed E-state index contributed by atoms with van der Waals surface area (Å²) in [7, 11) is 0. The third-order valence-electron chi connectivity index (χ3n) is 5.29. The van der Waals surface area contributed by atoms with Gasteiger partial charge in [-0.3, -0.25) is 0 Å². The number of hydrogen-bond donors (Lipinski definition) is 4. The lowest BCUT2D eigenvalue weighted by molar-refractivity contribution is 0.336. The predicted octanol–water partition coefficient (Wildman–Crippen LogP) is 2.85. The maximum atomic E-state index is 3.89. The van der Waals surface area contributed by atoms with Gasteiger partial charge in [-0.05, 0) is 73.7 Å². The first kappa shape index (κ1) is 27.3. The summed E-state index contributed by atoms with van der Waals surface area (Å²) in [6, 6.07) is 2.26. The largest absolute Gasteiger partial charge is 0.311 e. The number of thioether (sulfide) groups is 4. The van der Waals surface area contributed by atoms with Crippen LogP contribution in [0, 0.1) is 0 Å². The van der Waals surface area contributed by atoms with Crippen LogP contribution in [0.5, 0.6) is 0 Å². The monoisotopic (exact) mass is 468 g/mol. The quantitative estimate of drug-likeness (QED) is 0.349. The zero-order chi connectivity index (χ0) is 20.5. The fourth-order valence-corrected chi connectivity index (χ4v) is 5.46. The molecule has 28 heavy (non-hydrogen) atoms. The van der Waals surface area contributed by atoms with Crippen LogP contribution in [0.4, 0.5) is 0 Å². The smallest absolute Gasteiger partial charge is 0.0201 e. The molecule has 0 aromatic carbocycles. The normalized spacial score (nSPS) is 27.9. The Bertz CT molecular complexity index is 272. The van der Waals surface area contributed by atoms with E-state index in [2.05, 4.69) is 46.3 Å². The minimum Gasteiger partial charge on any atom is -0.311 e. The molecule has 0 spiro atoms. The van der Waals surface area contributed by atoms with Crippen molar-refractivity contribution in [3.63, 3.8) is 0 Å². The first-order valence-corrected chi connectivity index (χ1v) is 16.2. The van der Waals surface area contributed by atoms with E-state index in [4.69, 9.17) is 0 Å². The second-order valence-electron chi connectivity index (χ2n) is 7.55. The molecule has 168 valence electrons. The van der Waals surface area contributed by atoms with Gasteiger partial charge in [0.1, 0.15) is 0 Å². The van der Waals surface area contributed by atoms with Gasteiger partial charge >= 0.3 is 0 Å². The zero-order valence-electron chi connectivity index (χ0n) is 18.4. The van der Waals surface area contributed by atoms with E-state index < -0.39 is 0 Å². The molecule has 1 aliphatic rings. The fourth-order valence-electron chi connectivity index (χ4n) is 3.38. The molecular weight excluding hydrogens is 425 g/mol. The molecule has 0 bridgehead atoms. The van der Waals surface area contributed by atoms with Gasteiger partial charge in [0, 0.05) is 50.3 Å².